The molecule has 0 aromatic carbocycles. The Balaban J connectivity index is 2.43. The summed E-state index contributed by atoms with van der Waals surface area (Å²) in [7, 11) is 1.65. The summed E-state index contributed by atoms with van der Waals surface area (Å²) < 4.78 is 10.3. The Labute approximate surface area is 61.0 Å². The maximum atomic E-state index is 5.34. The smallest absolute Gasteiger partial charge is 0.185 e. The highest BCUT2D eigenvalue weighted by molar-refractivity contribution is 5.76. The summed E-state index contributed by atoms with van der Waals surface area (Å²) in [6, 6.07) is 0. The Kier molecular flexibility index (Phi) is 2.68. The third kappa shape index (κ3) is 1.99. The minimum Gasteiger partial charge on any atom is -0.484 e. The fourth-order valence-electron chi connectivity index (χ4n) is 0.876. The van der Waals surface area contributed by atoms with Gasteiger partial charge in [-0.3, -0.25) is 4.99 Å². The molecular formula is C7H13NO2. The van der Waals surface area contributed by atoms with Gasteiger partial charge >= 0.3 is 0 Å². The first-order chi connectivity index (χ1) is 4.83. The molecule has 0 bridgehead atoms. The molecule has 0 spiro atoms. The van der Waals surface area contributed by atoms with Crippen molar-refractivity contribution in [3.8, 4) is 0 Å². The third-order valence-corrected chi connectivity index (χ3v) is 1.48. The fraction of sp³-hybridized carbons (Fsp3) is 0.857. The second kappa shape index (κ2) is 3.56. The van der Waals surface area contributed by atoms with Gasteiger partial charge in [0.1, 0.15) is 0 Å². The summed E-state index contributed by atoms with van der Waals surface area (Å²) in [6.07, 6.45) is 1.05. The fourth-order valence-corrected chi connectivity index (χ4v) is 0.876. The number of hydrogen-bond donors (Lipinski definition) is 0. The molecule has 1 atom stereocenters. The Morgan fingerprint density at radius 1 is 1.70 bits per heavy atom. The number of aliphatic imine (C=N–C) groups is 1. The van der Waals surface area contributed by atoms with E-state index in [9.17, 15) is 0 Å². The molecule has 1 aliphatic heterocycles. The van der Waals surface area contributed by atoms with E-state index in [1.807, 2.05) is 6.92 Å². The molecule has 0 aliphatic carbocycles. The van der Waals surface area contributed by atoms with Crippen LogP contribution in [0.3, 0.4) is 0 Å². The summed E-state index contributed by atoms with van der Waals surface area (Å²) in [5.74, 6) is 0.810. The van der Waals surface area contributed by atoms with Crippen LogP contribution in [0, 0.1) is 0 Å². The summed E-state index contributed by atoms with van der Waals surface area (Å²) in [5, 5.41) is 0. The van der Waals surface area contributed by atoms with E-state index >= 15 is 0 Å². The van der Waals surface area contributed by atoms with E-state index in [4.69, 9.17) is 9.47 Å². The van der Waals surface area contributed by atoms with Crippen LogP contribution in [0.25, 0.3) is 0 Å². The molecule has 0 N–H and O–H groups in total. The minimum atomic E-state index is 0.243. The van der Waals surface area contributed by atoms with E-state index in [1.54, 1.807) is 7.11 Å². The second-order valence-corrected chi connectivity index (χ2v) is 2.37. The zero-order valence-corrected chi connectivity index (χ0v) is 6.46. The summed E-state index contributed by atoms with van der Waals surface area (Å²) in [4.78, 5) is 4.19. The molecule has 0 amide bonds. The van der Waals surface area contributed by atoms with Crippen LogP contribution in [-0.2, 0) is 9.47 Å². The Bertz CT molecular complexity index is 134. The highest BCUT2D eigenvalue weighted by Gasteiger charge is 2.08. The maximum Gasteiger partial charge on any atom is 0.185 e. The molecule has 1 rings (SSSR count). The van der Waals surface area contributed by atoms with Crippen LogP contribution in [0.2, 0.25) is 0 Å². The van der Waals surface area contributed by atoms with Gasteiger partial charge < -0.3 is 9.47 Å². The van der Waals surface area contributed by atoms with Crippen molar-refractivity contribution in [2.45, 2.75) is 19.4 Å². The molecule has 1 heterocycles. The van der Waals surface area contributed by atoms with Gasteiger partial charge in [0, 0.05) is 6.42 Å². The molecule has 0 radical (unpaired) electrons. The van der Waals surface area contributed by atoms with Gasteiger partial charge in [0.15, 0.2) is 5.90 Å². The Morgan fingerprint density at radius 2 is 2.50 bits per heavy atom. The average molecular weight is 143 g/mol. The lowest BCUT2D eigenvalue weighted by Crippen LogP contribution is -2.09. The van der Waals surface area contributed by atoms with Crippen molar-refractivity contribution < 1.29 is 9.47 Å². The molecular weight excluding hydrogens is 130 g/mol. The van der Waals surface area contributed by atoms with Crippen LogP contribution in [0.4, 0.5) is 0 Å². The molecule has 1 unspecified atom stereocenters. The van der Waals surface area contributed by atoms with Gasteiger partial charge in [0.25, 0.3) is 0 Å². The lowest BCUT2D eigenvalue weighted by atomic mass is 10.4. The van der Waals surface area contributed by atoms with Gasteiger partial charge in [0.2, 0.25) is 0 Å². The SMILES string of the molecule is COC1=NCC(C)OCC1. The van der Waals surface area contributed by atoms with Crippen LogP contribution < -0.4 is 0 Å². The quantitative estimate of drug-likeness (QED) is 0.503. The third-order valence-electron chi connectivity index (χ3n) is 1.48. The first-order valence-corrected chi connectivity index (χ1v) is 3.52. The van der Waals surface area contributed by atoms with Crippen molar-refractivity contribution in [2.75, 3.05) is 20.3 Å². The van der Waals surface area contributed by atoms with E-state index in [0.717, 1.165) is 25.5 Å². The van der Waals surface area contributed by atoms with E-state index < -0.39 is 0 Å². The van der Waals surface area contributed by atoms with Gasteiger partial charge in [-0.1, -0.05) is 0 Å². The van der Waals surface area contributed by atoms with Crippen LogP contribution in [0.15, 0.2) is 4.99 Å². The molecule has 0 aromatic rings. The van der Waals surface area contributed by atoms with E-state index in [0.29, 0.717) is 0 Å². The van der Waals surface area contributed by atoms with Crippen molar-refractivity contribution in [3.63, 3.8) is 0 Å². The zero-order chi connectivity index (χ0) is 7.40. The lowest BCUT2D eigenvalue weighted by molar-refractivity contribution is 0.0811. The van der Waals surface area contributed by atoms with Crippen molar-refractivity contribution >= 4 is 5.90 Å². The number of nitrogens with zero attached hydrogens (tertiary/aromatic N) is 1. The molecule has 0 saturated carbocycles. The average Bonchev–Trinajstić information content (AvgIpc) is 2.14. The van der Waals surface area contributed by atoms with Crippen molar-refractivity contribution in [3.05, 3.63) is 0 Å². The second-order valence-electron chi connectivity index (χ2n) is 2.37. The van der Waals surface area contributed by atoms with Crippen LogP contribution in [0.1, 0.15) is 13.3 Å². The molecule has 0 saturated heterocycles. The van der Waals surface area contributed by atoms with Crippen molar-refractivity contribution in [2.24, 2.45) is 4.99 Å². The molecule has 58 valence electrons. The van der Waals surface area contributed by atoms with Crippen molar-refractivity contribution in [1.82, 2.24) is 0 Å². The highest BCUT2D eigenvalue weighted by Crippen LogP contribution is 2.01. The Morgan fingerprint density at radius 3 is 3.20 bits per heavy atom. The summed E-state index contributed by atoms with van der Waals surface area (Å²) in [6.45, 7) is 3.47. The number of hydrogen-bond acceptors (Lipinski definition) is 3. The maximum absolute atomic E-state index is 5.34. The molecule has 0 fully saturated rings. The minimum absolute atomic E-state index is 0.243. The Hall–Kier alpha value is -0.570. The zero-order valence-electron chi connectivity index (χ0n) is 6.46. The van der Waals surface area contributed by atoms with E-state index in [2.05, 4.69) is 4.99 Å². The summed E-state index contributed by atoms with van der Waals surface area (Å²) >= 11 is 0. The van der Waals surface area contributed by atoms with Gasteiger partial charge in [-0.05, 0) is 6.92 Å². The van der Waals surface area contributed by atoms with E-state index in [1.165, 1.54) is 0 Å². The number of ether oxygens (including phenoxy) is 2. The molecule has 1 aliphatic rings. The van der Waals surface area contributed by atoms with Crippen LogP contribution >= 0.6 is 0 Å². The lowest BCUT2D eigenvalue weighted by Gasteiger charge is -2.04. The van der Waals surface area contributed by atoms with Gasteiger partial charge in [-0.2, -0.15) is 0 Å². The normalized spacial score (nSPS) is 27.0. The van der Waals surface area contributed by atoms with Gasteiger partial charge in [-0.25, -0.2) is 0 Å². The number of rotatable bonds is 0. The monoisotopic (exact) mass is 143 g/mol. The van der Waals surface area contributed by atoms with E-state index in [-0.39, 0.29) is 6.10 Å². The molecule has 3 heteroatoms. The largest absolute Gasteiger partial charge is 0.484 e. The molecule has 10 heavy (non-hydrogen) atoms. The molecule has 0 aromatic heterocycles. The first-order valence-electron chi connectivity index (χ1n) is 3.52. The molecule has 3 nitrogen and oxygen atoms in total. The predicted molar refractivity (Wildman–Crippen MR) is 39.3 cm³/mol. The standard InChI is InChI=1S/C7H13NO2/c1-6-5-8-7(9-2)3-4-10-6/h6H,3-5H2,1-2H3. The highest BCUT2D eigenvalue weighted by atomic mass is 16.5. The predicted octanol–water partition coefficient (Wildman–Crippen LogP) is 0.840. The number of methoxy groups -OCH3 is 1. The summed E-state index contributed by atoms with van der Waals surface area (Å²) in [5.41, 5.74) is 0. The van der Waals surface area contributed by atoms with Crippen LogP contribution in [-0.4, -0.2) is 32.3 Å². The van der Waals surface area contributed by atoms with Crippen LogP contribution in [0.5, 0.6) is 0 Å². The van der Waals surface area contributed by atoms with Gasteiger partial charge in [0.05, 0.1) is 26.4 Å². The topological polar surface area (TPSA) is 30.8 Å². The van der Waals surface area contributed by atoms with Crippen molar-refractivity contribution in [1.29, 1.82) is 0 Å². The van der Waals surface area contributed by atoms with Gasteiger partial charge in [-0.15, -0.1) is 0 Å². The first kappa shape index (κ1) is 7.54.